The van der Waals surface area contributed by atoms with Gasteiger partial charge in [0, 0.05) is 6.42 Å². The number of aldehydes is 1. The Morgan fingerprint density at radius 3 is 2.11 bits per heavy atom. The van der Waals surface area contributed by atoms with Crippen LogP contribution < -0.4 is 0 Å². The fraction of sp³-hybridized carbons (Fsp3) is 0.714. The van der Waals surface area contributed by atoms with E-state index in [1.807, 2.05) is 0 Å². The lowest BCUT2D eigenvalue weighted by Crippen LogP contribution is -2.44. The van der Waals surface area contributed by atoms with E-state index < -0.39 is 44.6 Å². The Hall–Kier alpha value is -0.870. The molecule has 11 heteroatoms. The van der Waals surface area contributed by atoms with Crippen LogP contribution in [-0.4, -0.2) is 66.9 Å². The molecule has 0 aliphatic rings. The molecular weight excluding hydrogens is 275 g/mol. The molecule has 0 fully saturated rings. The standard InChI is InChI=1S/C7H13O10P/c8-2-3(9)1-4(10)5(11)6(12)7(13)17-18(14,15)16/h2-6,9-12H,1H2,(H2,14,15,16)/t3-,4-,5-,6?/m0/s1. The number of aliphatic hydroxyl groups excluding tert-OH is 4. The molecule has 0 amide bonds. The van der Waals surface area contributed by atoms with E-state index in [9.17, 15) is 24.4 Å². The lowest BCUT2D eigenvalue weighted by atomic mass is 10.0. The van der Waals surface area contributed by atoms with Gasteiger partial charge in [0.1, 0.15) is 18.5 Å². The highest BCUT2D eigenvalue weighted by Gasteiger charge is 2.35. The first-order valence-corrected chi connectivity index (χ1v) is 6.08. The topological polar surface area (TPSA) is 182 Å². The van der Waals surface area contributed by atoms with Crippen molar-refractivity contribution < 1.29 is 48.9 Å². The van der Waals surface area contributed by atoms with Crippen LogP contribution in [0.15, 0.2) is 0 Å². The lowest BCUT2D eigenvalue weighted by molar-refractivity contribution is -0.157. The maximum Gasteiger partial charge on any atom is 0.527 e. The van der Waals surface area contributed by atoms with E-state index in [2.05, 4.69) is 4.52 Å². The van der Waals surface area contributed by atoms with Crippen LogP contribution in [0.5, 0.6) is 0 Å². The van der Waals surface area contributed by atoms with Gasteiger partial charge < -0.3 is 29.7 Å². The van der Waals surface area contributed by atoms with Gasteiger partial charge in [-0.25, -0.2) is 9.36 Å². The number of carbonyl (C=O) groups is 2. The first-order valence-electron chi connectivity index (χ1n) is 4.55. The van der Waals surface area contributed by atoms with Crippen molar-refractivity contribution in [2.24, 2.45) is 0 Å². The molecule has 0 bridgehead atoms. The normalized spacial score (nSPS) is 18.6. The highest BCUT2D eigenvalue weighted by Crippen LogP contribution is 2.36. The Labute approximate surface area is 101 Å². The SMILES string of the molecule is O=C[C@@H](O)C[C@H](O)[C@H](O)C(O)C(=O)OP(=O)(O)O. The van der Waals surface area contributed by atoms with Gasteiger partial charge in [0.15, 0.2) is 6.10 Å². The summed E-state index contributed by atoms with van der Waals surface area (Å²) in [6.07, 6.45) is -8.74. The molecular formula is C7H13O10P. The second kappa shape index (κ2) is 6.90. The second-order valence-electron chi connectivity index (χ2n) is 3.34. The molecule has 0 aliphatic carbocycles. The van der Waals surface area contributed by atoms with E-state index in [-0.39, 0.29) is 6.29 Å². The minimum Gasteiger partial charge on any atom is -0.390 e. The Morgan fingerprint density at radius 2 is 1.72 bits per heavy atom. The first kappa shape index (κ1) is 17.1. The Kier molecular flexibility index (Phi) is 6.57. The van der Waals surface area contributed by atoms with Gasteiger partial charge in [-0.2, -0.15) is 0 Å². The predicted octanol–water partition coefficient (Wildman–Crippen LogP) is -3.35. The summed E-state index contributed by atoms with van der Waals surface area (Å²) in [6.45, 7) is 0. The zero-order chi connectivity index (χ0) is 14.5. The van der Waals surface area contributed by atoms with E-state index in [4.69, 9.17) is 20.0 Å². The molecule has 6 N–H and O–H groups in total. The van der Waals surface area contributed by atoms with Crippen LogP contribution in [0.3, 0.4) is 0 Å². The summed E-state index contributed by atoms with van der Waals surface area (Å²) in [5.41, 5.74) is 0. The molecule has 106 valence electrons. The van der Waals surface area contributed by atoms with Gasteiger partial charge in [-0.05, 0) is 0 Å². The molecule has 0 aliphatic heterocycles. The van der Waals surface area contributed by atoms with Crippen LogP contribution in [-0.2, 0) is 18.7 Å². The van der Waals surface area contributed by atoms with Crippen molar-refractivity contribution in [1.82, 2.24) is 0 Å². The van der Waals surface area contributed by atoms with E-state index in [0.717, 1.165) is 0 Å². The maximum atomic E-state index is 10.9. The molecule has 10 nitrogen and oxygen atoms in total. The minimum atomic E-state index is -5.19. The summed E-state index contributed by atoms with van der Waals surface area (Å²) in [7, 11) is -5.19. The lowest BCUT2D eigenvalue weighted by Gasteiger charge is -2.22. The molecule has 0 saturated carbocycles. The summed E-state index contributed by atoms with van der Waals surface area (Å²) >= 11 is 0. The smallest absolute Gasteiger partial charge is 0.390 e. The van der Waals surface area contributed by atoms with Crippen molar-refractivity contribution in [3.63, 3.8) is 0 Å². The molecule has 0 heterocycles. The molecule has 18 heavy (non-hydrogen) atoms. The van der Waals surface area contributed by atoms with Crippen LogP contribution >= 0.6 is 7.82 Å². The summed E-state index contributed by atoms with van der Waals surface area (Å²) in [5, 5.41) is 36.4. The quantitative estimate of drug-likeness (QED) is 0.204. The number of phosphoric ester groups is 1. The molecule has 4 atom stereocenters. The third-order valence-electron chi connectivity index (χ3n) is 1.81. The van der Waals surface area contributed by atoms with Crippen molar-refractivity contribution in [3.8, 4) is 0 Å². The fourth-order valence-corrected chi connectivity index (χ4v) is 1.31. The highest BCUT2D eigenvalue weighted by molar-refractivity contribution is 7.46. The van der Waals surface area contributed by atoms with E-state index >= 15 is 0 Å². The number of phosphoric acid groups is 1. The largest absolute Gasteiger partial charge is 0.527 e. The molecule has 0 aromatic rings. The molecule has 0 rings (SSSR count). The number of hydrogen-bond acceptors (Lipinski definition) is 8. The molecule has 1 unspecified atom stereocenters. The van der Waals surface area contributed by atoms with Crippen molar-refractivity contribution in [2.75, 3.05) is 0 Å². The van der Waals surface area contributed by atoms with Crippen LogP contribution in [0.1, 0.15) is 6.42 Å². The third kappa shape index (κ3) is 6.17. The van der Waals surface area contributed by atoms with E-state index in [0.29, 0.717) is 0 Å². The van der Waals surface area contributed by atoms with Gasteiger partial charge in [0.25, 0.3) is 0 Å². The van der Waals surface area contributed by atoms with Gasteiger partial charge in [-0.3, -0.25) is 9.79 Å². The molecule has 0 radical (unpaired) electrons. The van der Waals surface area contributed by atoms with Crippen LogP contribution in [0.4, 0.5) is 0 Å². The fourth-order valence-electron chi connectivity index (χ4n) is 0.963. The zero-order valence-corrected chi connectivity index (χ0v) is 9.75. The highest BCUT2D eigenvalue weighted by atomic mass is 31.2. The number of carbonyl (C=O) groups excluding carboxylic acids is 2. The van der Waals surface area contributed by atoms with Gasteiger partial charge in [-0.1, -0.05) is 0 Å². The predicted molar refractivity (Wildman–Crippen MR) is 52.8 cm³/mol. The van der Waals surface area contributed by atoms with Crippen LogP contribution in [0.2, 0.25) is 0 Å². The minimum absolute atomic E-state index is 0.0519. The van der Waals surface area contributed by atoms with Crippen molar-refractivity contribution >= 4 is 20.1 Å². The van der Waals surface area contributed by atoms with Gasteiger partial charge in [0.2, 0.25) is 0 Å². The van der Waals surface area contributed by atoms with Gasteiger partial charge >= 0.3 is 13.8 Å². The Balaban J connectivity index is 4.49. The van der Waals surface area contributed by atoms with Crippen molar-refractivity contribution in [3.05, 3.63) is 0 Å². The summed E-state index contributed by atoms with van der Waals surface area (Å²) in [5.74, 6) is -1.85. The molecule has 0 saturated heterocycles. The van der Waals surface area contributed by atoms with Crippen molar-refractivity contribution in [1.29, 1.82) is 0 Å². The Morgan fingerprint density at radius 1 is 1.22 bits per heavy atom. The number of aliphatic hydroxyl groups is 4. The Bertz CT molecular complexity index is 337. The first-order chi connectivity index (χ1) is 8.08. The maximum absolute atomic E-state index is 10.9. The van der Waals surface area contributed by atoms with E-state index in [1.54, 1.807) is 0 Å². The number of rotatable bonds is 7. The monoisotopic (exact) mass is 288 g/mol. The number of hydrogen-bond donors (Lipinski definition) is 6. The second-order valence-corrected chi connectivity index (χ2v) is 4.51. The average Bonchev–Trinajstić information content (AvgIpc) is 2.24. The molecule has 0 aromatic carbocycles. The van der Waals surface area contributed by atoms with Gasteiger partial charge in [-0.15, -0.1) is 0 Å². The summed E-state index contributed by atoms with van der Waals surface area (Å²) < 4.78 is 13.7. The molecule has 0 aromatic heterocycles. The van der Waals surface area contributed by atoms with Gasteiger partial charge in [0.05, 0.1) is 6.10 Å². The van der Waals surface area contributed by atoms with Crippen LogP contribution in [0.25, 0.3) is 0 Å². The average molecular weight is 288 g/mol. The summed E-state index contributed by atoms with van der Waals surface area (Å²) in [6, 6.07) is 0. The van der Waals surface area contributed by atoms with Crippen molar-refractivity contribution in [2.45, 2.75) is 30.8 Å². The molecule has 0 spiro atoms. The van der Waals surface area contributed by atoms with Crippen LogP contribution in [0, 0.1) is 0 Å². The van der Waals surface area contributed by atoms with E-state index in [1.165, 1.54) is 0 Å². The zero-order valence-electron chi connectivity index (χ0n) is 8.86. The summed E-state index contributed by atoms with van der Waals surface area (Å²) in [4.78, 5) is 37.5. The third-order valence-corrected chi connectivity index (χ3v) is 2.23.